The third-order valence-electron chi connectivity index (χ3n) is 4.91. The van der Waals surface area contributed by atoms with Crippen LogP contribution in [-0.4, -0.2) is 59.7 Å². The largest absolute Gasteiger partial charge is 0.364 e. The van der Waals surface area contributed by atoms with Crippen LogP contribution in [0.15, 0.2) is 53.5 Å². The molecule has 2 aliphatic heterocycles. The summed E-state index contributed by atoms with van der Waals surface area (Å²) < 4.78 is 0. The van der Waals surface area contributed by atoms with E-state index in [-0.39, 0.29) is 11.8 Å². The molecule has 4 rings (SSSR count). The van der Waals surface area contributed by atoms with E-state index in [1.54, 1.807) is 0 Å². The highest BCUT2D eigenvalue weighted by Crippen LogP contribution is 2.35. The Kier molecular flexibility index (Phi) is 4.61. The number of carbonyl (C=O) groups is 2. The molecular weight excluding hydrogens is 346 g/mol. The monoisotopic (exact) mass is 367 g/mol. The van der Waals surface area contributed by atoms with E-state index in [9.17, 15) is 9.59 Å². The van der Waals surface area contributed by atoms with Crippen molar-refractivity contribution in [2.24, 2.45) is 0 Å². The van der Waals surface area contributed by atoms with E-state index in [0.29, 0.717) is 17.8 Å². The van der Waals surface area contributed by atoms with Crippen molar-refractivity contribution in [2.75, 3.05) is 33.2 Å². The fourth-order valence-corrected chi connectivity index (χ4v) is 4.20. The first-order valence-corrected chi connectivity index (χ1v) is 9.65. The van der Waals surface area contributed by atoms with Crippen LogP contribution in [0.3, 0.4) is 0 Å². The number of hydrogen-bond acceptors (Lipinski definition) is 5. The minimum absolute atomic E-state index is 0.174. The number of thiophene rings is 1. The highest BCUT2D eigenvalue weighted by Gasteiger charge is 2.42. The summed E-state index contributed by atoms with van der Waals surface area (Å²) in [7, 11) is 2.08. The van der Waals surface area contributed by atoms with Crippen molar-refractivity contribution < 1.29 is 9.59 Å². The summed E-state index contributed by atoms with van der Waals surface area (Å²) >= 11 is 1.51. The standard InChI is InChI=1S/C20H21N3O2S/c1-21-9-11-22(12-10-21)18-17(16-8-5-13-26-16)19(24)23(20(18)25)14-15-6-3-2-4-7-15/h2-8,13H,9-12,14H2,1H3. The maximum Gasteiger partial charge on any atom is 0.278 e. The zero-order valence-corrected chi connectivity index (χ0v) is 15.5. The lowest BCUT2D eigenvalue weighted by Gasteiger charge is -2.34. The molecule has 5 nitrogen and oxygen atoms in total. The van der Waals surface area contributed by atoms with Gasteiger partial charge in [-0.15, -0.1) is 11.3 Å². The lowest BCUT2D eigenvalue weighted by Crippen LogP contribution is -2.45. The zero-order chi connectivity index (χ0) is 18.1. The fourth-order valence-electron chi connectivity index (χ4n) is 3.44. The first-order chi connectivity index (χ1) is 12.6. The Labute approximate surface area is 157 Å². The molecule has 1 aromatic carbocycles. The summed E-state index contributed by atoms with van der Waals surface area (Å²) in [5, 5.41) is 1.95. The van der Waals surface area contributed by atoms with Gasteiger partial charge in [0.2, 0.25) is 0 Å². The van der Waals surface area contributed by atoms with E-state index in [4.69, 9.17) is 0 Å². The molecule has 1 aromatic heterocycles. The molecule has 0 bridgehead atoms. The van der Waals surface area contributed by atoms with Crippen LogP contribution in [-0.2, 0) is 16.1 Å². The van der Waals surface area contributed by atoms with Gasteiger partial charge in [-0.05, 0) is 24.1 Å². The third kappa shape index (κ3) is 3.06. The van der Waals surface area contributed by atoms with Crippen LogP contribution in [0.1, 0.15) is 10.4 Å². The summed E-state index contributed by atoms with van der Waals surface area (Å²) in [6, 6.07) is 13.5. The van der Waals surface area contributed by atoms with Gasteiger partial charge < -0.3 is 9.80 Å². The van der Waals surface area contributed by atoms with E-state index in [2.05, 4.69) is 16.8 Å². The van der Waals surface area contributed by atoms with Gasteiger partial charge >= 0.3 is 0 Å². The molecule has 0 saturated carbocycles. The average molecular weight is 367 g/mol. The number of nitrogens with zero attached hydrogens (tertiary/aromatic N) is 3. The second-order valence-electron chi connectivity index (χ2n) is 6.67. The molecule has 2 aliphatic rings. The Balaban J connectivity index is 1.69. The topological polar surface area (TPSA) is 43.9 Å². The van der Waals surface area contributed by atoms with Crippen LogP contribution in [0.4, 0.5) is 0 Å². The number of likely N-dealkylation sites (N-methyl/N-ethyl adjacent to an activating group) is 1. The van der Waals surface area contributed by atoms with Crippen molar-refractivity contribution in [1.29, 1.82) is 0 Å². The van der Waals surface area contributed by atoms with Crippen molar-refractivity contribution >= 4 is 28.7 Å². The molecular formula is C20H21N3O2S. The van der Waals surface area contributed by atoms with Crippen LogP contribution in [0.2, 0.25) is 0 Å². The molecule has 0 atom stereocenters. The normalized spacial score (nSPS) is 19.0. The van der Waals surface area contributed by atoms with Crippen molar-refractivity contribution in [1.82, 2.24) is 14.7 Å². The van der Waals surface area contributed by atoms with Gasteiger partial charge in [-0.25, -0.2) is 0 Å². The summed E-state index contributed by atoms with van der Waals surface area (Å²) in [6.45, 7) is 3.62. The number of amides is 2. The first-order valence-electron chi connectivity index (χ1n) is 8.77. The molecule has 1 saturated heterocycles. The smallest absolute Gasteiger partial charge is 0.278 e. The molecule has 6 heteroatoms. The first kappa shape index (κ1) is 17.0. The SMILES string of the molecule is CN1CCN(C2=C(c3cccs3)C(=O)N(Cc3ccccc3)C2=O)CC1. The van der Waals surface area contributed by atoms with Gasteiger partial charge in [0.05, 0.1) is 12.1 Å². The van der Waals surface area contributed by atoms with Gasteiger partial charge in [-0.3, -0.25) is 14.5 Å². The van der Waals surface area contributed by atoms with Crippen molar-refractivity contribution in [3.8, 4) is 0 Å². The molecule has 3 heterocycles. The van der Waals surface area contributed by atoms with Gasteiger partial charge in [-0.1, -0.05) is 36.4 Å². The second kappa shape index (κ2) is 7.05. The van der Waals surface area contributed by atoms with Gasteiger partial charge in [0.15, 0.2) is 0 Å². The summed E-state index contributed by atoms with van der Waals surface area (Å²) in [6.07, 6.45) is 0. The van der Waals surface area contributed by atoms with Crippen molar-refractivity contribution in [2.45, 2.75) is 6.54 Å². The Morgan fingerprint density at radius 3 is 2.31 bits per heavy atom. The summed E-state index contributed by atoms with van der Waals surface area (Å²) in [4.78, 5) is 32.9. The number of carbonyl (C=O) groups excluding carboxylic acids is 2. The quantitative estimate of drug-likeness (QED) is 0.778. The minimum Gasteiger partial charge on any atom is -0.364 e. The minimum atomic E-state index is -0.185. The van der Waals surface area contributed by atoms with Gasteiger partial charge in [0, 0.05) is 31.1 Å². The highest BCUT2D eigenvalue weighted by atomic mass is 32.1. The van der Waals surface area contributed by atoms with Gasteiger partial charge in [0.1, 0.15) is 5.70 Å². The zero-order valence-electron chi connectivity index (χ0n) is 14.7. The van der Waals surface area contributed by atoms with Gasteiger partial charge in [-0.2, -0.15) is 0 Å². The third-order valence-corrected chi connectivity index (χ3v) is 5.80. The van der Waals surface area contributed by atoms with Crippen LogP contribution >= 0.6 is 11.3 Å². The molecule has 134 valence electrons. The molecule has 0 radical (unpaired) electrons. The molecule has 0 unspecified atom stereocenters. The van der Waals surface area contributed by atoms with Crippen LogP contribution in [0.5, 0.6) is 0 Å². The Hall–Kier alpha value is -2.44. The average Bonchev–Trinajstić information content (AvgIpc) is 3.26. The maximum atomic E-state index is 13.2. The van der Waals surface area contributed by atoms with Crippen molar-refractivity contribution in [3.05, 3.63) is 64.0 Å². The number of rotatable bonds is 4. The van der Waals surface area contributed by atoms with Crippen molar-refractivity contribution in [3.63, 3.8) is 0 Å². The molecule has 0 N–H and O–H groups in total. The molecule has 0 spiro atoms. The fraction of sp³-hybridized carbons (Fsp3) is 0.300. The van der Waals surface area contributed by atoms with Crippen LogP contribution < -0.4 is 0 Å². The van der Waals surface area contributed by atoms with E-state index in [1.165, 1.54) is 16.2 Å². The van der Waals surface area contributed by atoms with Crippen LogP contribution in [0.25, 0.3) is 5.57 Å². The summed E-state index contributed by atoms with van der Waals surface area (Å²) in [5.74, 6) is -0.359. The number of benzene rings is 1. The Morgan fingerprint density at radius 1 is 0.923 bits per heavy atom. The molecule has 2 aromatic rings. The lowest BCUT2D eigenvalue weighted by atomic mass is 10.1. The van der Waals surface area contributed by atoms with E-state index >= 15 is 0 Å². The predicted molar refractivity (Wildman–Crippen MR) is 102 cm³/mol. The highest BCUT2D eigenvalue weighted by molar-refractivity contribution is 7.11. The Morgan fingerprint density at radius 2 is 1.65 bits per heavy atom. The molecule has 1 fully saturated rings. The summed E-state index contributed by atoms with van der Waals surface area (Å²) in [5.41, 5.74) is 2.09. The van der Waals surface area contributed by atoms with E-state index in [0.717, 1.165) is 36.6 Å². The molecule has 26 heavy (non-hydrogen) atoms. The molecule has 2 amide bonds. The number of imide groups is 1. The van der Waals surface area contributed by atoms with Crippen LogP contribution in [0, 0.1) is 0 Å². The van der Waals surface area contributed by atoms with Gasteiger partial charge in [0.25, 0.3) is 11.8 Å². The number of hydrogen-bond donors (Lipinski definition) is 0. The lowest BCUT2D eigenvalue weighted by molar-refractivity contribution is -0.138. The maximum absolute atomic E-state index is 13.2. The van der Waals surface area contributed by atoms with E-state index in [1.807, 2.05) is 47.8 Å². The number of piperazine rings is 1. The Bertz CT molecular complexity index is 837. The second-order valence-corrected chi connectivity index (χ2v) is 7.62. The van der Waals surface area contributed by atoms with E-state index < -0.39 is 0 Å². The molecule has 0 aliphatic carbocycles. The predicted octanol–water partition coefficient (Wildman–Crippen LogP) is 2.28.